The van der Waals surface area contributed by atoms with Crippen molar-refractivity contribution in [3.8, 4) is 17.2 Å². The monoisotopic (exact) mass is 513 g/mol. The van der Waals surface area contributed by atoms with Crippen molar-refractivity contribution in [3.63, 3.8) is 0 Å². The van der Waals surface area contributed by atoms with Crippen molar-refractivity contribution in [1.29, 1.82) is 5.26 Å². The predicted molar refractivity (Wildman–Crippen MR) is 145 cm³/mol. The van der Waals surface area contributed by atoms with Crippen LogP contribution in [0, 0.1) is 17.2 Å². The Hall–Kier alpha value is -4.00. The molecule has 188 valence electrons. The summed E-state index contributed by atoms with van der Waals surface area (Å²) in [5, 5.41) is 9.42. The van der Waals surface area contributed by atoms with E-state index < -0.39 is 10.0 Å². The number of hydrogen-bond acceptors (Lipinski definition) is 6. The quantitative estimate of drug-likeness (QED) is 0.381. The molecule has 1 fully saturated rings. The van der Waals surface area contributed by atoms with Gasteiger partial charge in [-0.15, -0.1) is 0 Å². The lowest BCUT2D eigenvalue weighted by atomic mass is 10.0. The summed E-state index contributed by atoms with van der Waals surface area (Å²) in [6.45, 7) is 1.02. The summed E-state index contributed by atoms with van der Waals surface area (Å²) in [5.74, 6) is 0.547. The number of fused-ring (bicyclic) bond motifs is 1. The molecule has 5 rings (SSSR count). The molecular weight excluding hydrogens is 486 g/mol. The summed E-state index contributed by atoms with van der Waals surface area (Å²) < 4.78 is 26.7. The first-order chi connectivity index (χ1) is 17.7. The van der Waals surface area contributed by atoms with E-state index in [2.05, 4.69) is 20.7 Å². The summed E-state index contributed by atoms with van der Waals surface area (Å²) in [6, 6.07) is 23.0. The molecule has 1 aliphatic rings. The zero-order valence-corrected chi connectivity index (χ0v) is 21.5. The van der Waals surface area contributed by atoms with Gasteiger partial charge in [0.2, 0.25) is 10.0 Å². The first-order valence-corrected chi connectivity index (χ1v) is 13.9. The van der Waals surface area contributed by atoms with Crippen molar-refractivity contribution < 1.29 is 8.42 Å². The molecule has 2 aromatic carbocycles. The van der Waals surface area contributed by atoms with Gasteiger partial charge in [-0.25, -0.2) is 18.1 Å². The van der Waals surface area contributed by atoms with Gasteiger partial charge < -0.3 is 9.47 Å². The molecule has 9 heteroatoms. The minimum Gasteiger partial charge on any atom is -0.339 e. The Morgan fingerprint density at radius 3 is 2.30 bits per heavy atom. The van der Waals surface area contributed by atoms with E-state index in [1.807, 2.05) is 48.5 Å². The average Bonchev–Trinajstić information content (AvgIpc) is 3.72. The molecule has 2 heterocycles. The van der Waals surface area contributed by atoms with Crippen LogP contribution in [0.15, 0.2) is 71.5 Å². The largest absolute Gasteiger partial charge is 0.339 e. The fourth-order valence-corrected chi connectivity index (χ4v) is 4.77. The Kier molecular flexibility index (Phi) is 6.54. The van der Waals surface area contributed by atoms with Crippen LogP contribution in [0.2, 0.25) is 0 Å². The number of rotatable bonds is 8. The molecule has 1 N–H and O–H groups in total. The van der Waals surface area contributed by atoms with Crippen LogP contribution >= 0.6 is 0 Å². The van der Waals surface area contributed by atoms with Crippen molar-refractivity contribution in [3.05, 3.63) is 88.3 Å². The second kappa shape index (κ2) is 9.81. The number of nitrogens with zero attached hydrogens (tertiary/aromatic N) is 4. The average molecular weight is 514 g/mol. The van der Waals surface area contributed by atoms with Crippen LogP contribution in [0.3, 0.4) is 0 Å². The molecule has 0 saturated heterocycles. The zero-order chi connectivity index (χ0) is 26.2. The smallest absolute Gasteiger partial charge is 0.252 e. The molecule has 1 saturated carbocycles. The maximum Gasteiger partial charge on any atom is 0.252 e. The van der Waals surface area contributed by atoms with Crippen LogP contribution in [0.1, 0.15) is 24.1 Å². The van der Waals surface area contributed by atoms with Crippen molar-refractivity contribution in [2.75, 3.05) is 17.7 Å². The Balaban J connectivity index is 1.49. The highest BCUT2D eigenvalue weighted by molar-refractivity contribution is 7.88. The van der Waals surface area contributed by atoms with Crippen LogP contribution in [-0.4, -0.2) is 30.8 Å². The SMILES string of the molecule is Cn1c(=O)cc(N(CC2CC2)c2ccc(-c3ccc(CNS(C)(=O)=O)cc3)cc2)c2nc(C#N)ccc21. The van der Waals surface area contributed by atoms with Crippen LogP contribution in [-0.2, 0) is 23.6 Å². The molecule has 0 aliphatic heterocycles. The molecule has 2 aromatic heterocycles. The molecule has 4 aromatic rings. The number of aryl methyl sites for hydroxylation is 1. The molecule has 0 bridgehead atoms. The van der Waals surface area contributed by atoms with Crippen molar-refractivity contribution in [1.82, 2.24) is 14.3 Å². The minimum absolute atomic E-state index is 0.128. The molecular formula is C28H27N5O3S. The number of sulfonamides is 1. The number of benzene rings is 2. The van der Waals surface area contributed by atoms with Gasteiger partial charge in [0.05, 0.1) is 17.5 Å². The first kappa shape index (κ1) is 24.7. The number of anilines is 2. The summed E-state index contributed by atoms with van der Waals surface area (Å²) >= 11 is 0. The topological polar surface area (TPSA) is 108 Å². The molecule has 0 atom stereocenters. The highest BCUT2D eigenvalue weighted by Crippen LogP contribution is 2.37. The van der Waals surface area contributed by atoms with Crippen LogP contribution in [0.25, 0.3) is 22.2 Å². The molecule has 37 heavy (non-hydrogen) atoms. The number of pyridine rings is 2. The fraction of sp³-hybridized carbons (Fsp3) is 0.250. The third kappa shape index (κ3) is 5.56. The summed E-state index contributed by atoms with van der Waals surface area (Å²) in [4.78, 5) is 19.5. The van der Waals surface area contributed by atoms with Gasteiger partial charge in [0.15, 0.2) is 0 Å². The highest BCUT2D eigenvalue weighted by Gasteiger charge is 2.27. The van der Waals surface area contributed by atoms with E-state index in [9.17, 15) is 18.5 Å². The highest BCUT2D eigenvalue weighted by atomic mass is 32.2. The van der Waals surface area contributed by atoms with E-state index in [1.54, 1.807) is 29.8 Å². The van der Waals surface area contributed by atoms with Crippen LogP contribution in [0.5, 0.6) is 0 Å². The van der Waals surface area contributed by atoms with Crippen molar-refractivity contribution >= 4 is 32.4 Å². The van der Waals surface area contributed by atoms with Gasteiger partial charge in [-0.1, -0.05) is 36.4 Å². The van der Waals surface area contributed by atoms with Gasteiger partial charge in [-0.3, -0.25) is 4.79 Å². The van der Waals surface area contributed by atoms with Gasteiger partial charge in [-0.05, 0) is 59.7 Å². The Morgan fingerprint density at radius 1 is 1.05 bits per heavy atom. The van der Waals surface area contributed by atoms with Gasteiger partial charge >= 0.3 is 0 Å². The number of nitriles is 1. The van der Waals surface area contributed by atoms with Crippen LogP contribution < -0.4 is 15.2 Å². The Labute approximate surface area is 215 Å². The normalized spacial score (nSPS) is 13.4. The lowest BCUT2D eigenvalue weighted by molar-refractivity contribution is 0.587. The van der Waals surface area contributed by atoms with Crippen molar-refractivity contribution in [2.24, 2.45) is 13.0 Å². The van der Waals surface area contributed by atoms with E-state index in [0.29, 0.717) is 28.3 Å². The van der Waals surface area contributed by atoms with Crippen molar-refractivity contribution in [2.45, 2.75) is 19.4 Å². The summed E-state index contributed by atoms with van der Waals surface area (Å²) in [5.41, 5.74) is 6.07. The second-order valence-electron chi connectivity index (χ2n) is 9.49. The van der Waals surface area contributed by atoms with E-state index in [4.69, 9.17) is 0 Å². The lowest BCUT2D eigenvalue weighted by Crippen LogP contribution is -2.25. The molecule has 1 aliphatic carbocycles. The van der Waals surface area contributed by atoms with Crippen LogP contribution in [0.4, 0.5) is 11.4 Å². The van der Waals surface area contributed by atoms with E-state index in [0.717, 1.165) is 48.0 Å². The Morgan fingerprint density at radius 2 is 1.70 bits per heavy atom. The van der Waals surface area contributed by atoms with Gasteiger partial charge in [0.25, 0.3) is 5.56 Å². The van der Waals surface area contributed by atoms with Gasteiger partial charge in [-0.2, -0.15) is 5.26 Å². The molecule has 0 unspecified atom stereocenters. The summed E-state index contributed by atoms with van der Waals surface area (Å²) in [6.07, 6.45) is 3.44. The molecule has 0 amide bonds. The molecule has 0 radical (unpaired) electrons. The third-order valence-electron chi connectivity index (χ3n) is 6.62. The number of hydrogen-bond donors (Lipinski definition) is 1. The lowest BCUT2D eigenvalue weighted by Gasteiger charge is -2.26. The van der Waals surface area contributed by atoms with E-state index in [1.165, 1.54) is 0 Å². The second-order valence-corrected chi connectivity index (χ2v) is 11.3. The number of nitrogens with one attached hydrogen (secondary N) is 1. The third-order valence-corrected chi connectivity index (χ3v) is 7.29. The standard InChI is InChI=1S/C28H27N5O3S/c1-32-25-14-11-23(16-29)31-28(25)26(15-27(32)34)33(18-20-3-4-20)24-12-9-22(10-13-24)21-7-5-19(6-8-21)17-30-37(2,35)36/h5-15,20,30H,3-4,17-18H2,1-2H3. The molecule has 0 spiro atoms. The number of aromatic nitrogens is 2. The maximum atomic E-state index is 12.8. The van der Waals surface area contributed by atoms with E-state index in [-0.39, 0.29) is 12.1 Å². The predicted octanol–water partition coefficient (Wildman–Crippen LogP) is 4.07. The maximum absolute atomic E-state index is 12.8. The summed E-state index contributed by atoms with van der Waals surface area (Å²) in [7, 11) is -1.53. The first-order valence-electron chi connectivity index (χ1n) is 12.0. The zero-order valence-electron chi connectivity index (χ0n) is 20.7. The fourth-order valence-electron chi connectivity index (χ4n) is 4.34. The van der Waals surface area contributed by atoms with Gasteiger partial charge in [0, 0.05) is 31.9 Å². The Bertz CT molecular complexity index is 1670. The van der Waals surface area contributed by atoms with Gasteiger partial charge in [0.1, 0.15) is 17.3 Å². The molecule has 8 nitrogen and oxygen atoms in total. The van der Waals surface area contributed by atoms with E-state index >= 15 is 0 Å². The minimum atomic E-state index is -3.24.